The van der Waals surface area contributed by atoms with Crippen LogP contribution in [0.15, 0.2) is 47.4 Å². The molecule has 7 heteroatoms. The first-order valence-electron chi connectivity index (χ1n) is 10.6. The van der Waals surface area contributed by atoms with Crippen molar-refractivity contribution < 1.29 is 18.1 Å². The van der Waals surface area contributed by atoms with Crippen molar-refractivity contribution in [3.8, 4) is 0 Å². The summed E-state index contributed by atoms with van der Waals surface area (Å²) in [4.78, 5) is 14.1. The number of nitrogens with one attached hydrogen (secondary N) is 2. The van der Waals surface area contributed by atoms with E-state index < -0.39 is 10.0 Å². The van der Waals surface area contributed by atoms with Gasteiger partial charge < -0.3 is 10.2 Å². The number of hydrogen-bond donors (Lipinski definition) is 2. The summed E-state index contributed by atoms with van der Waals surface area (Å²) in [6.45, 7) is 4.11. The maximum absolute atomic E-state index is 13.1. The van der Waals surface area contributed by atoms with Crippen LogP contribution in [0.2, 0.25) is 0 Å². The van der Waals surface area contributed by atoms with Gasteiger partial charge in [0.2, 0.25) is 10.0 Å². The Morgan fingerprint density at radius 2 is 1.72 bits per heavy atom. The molecule has 0 spiro atoms. The Morgan fingerprint density at radius 3 is 2.41 bits per heavy atom. The van der Waals surface area contributed by atoms with Crippen LogP contribution in [0.3, 0.4) is 0 Å². The Hall–Kier alpha value is -1.96. The van der Waals surface area contributed by atoms with E-state index in [9.17, 15) is 13.2 Å². The topological polar surface area (TPSA) is 70.9 Å². The maximum atomic E-state index is 13.1. The molecule has 2 aliphatic rings. The summed E-state index contributed by atoms with van der Waals surface area (Å²) in [6, 6.07) is 13.2. The number of rotatable bonds is 5. The first-order chi connectivity index (χ1) is 13.9. The molecule has 2 aromatic carbocycles. The molecule has 1 saturated heterocycles. The molecular formula is C22H30N3O3S+. The Labute approximate surface area is 172 Å². The highest BCUT2D eigenvalue weighted by Gasteiger charge is 2.35. The summed E-state index contributed by atoms with van der Waals surface area (Å²) in [5, 5.41) is 5.12. The molecule has 6 nitrogen and oxygen atoms in total. The Morgan fingerprint density at radius 1 is 1.07 bits per heavy atom. The Bertz CT molecular complexity index is 978. The predicted molar refractivity (Wildman–Crippen MR) is 113 cm³/mol. The van der Waals surface area contributed by atoms with E-state index in [0.717, 1.165) is 28.5 Å². The van der Waals surface area contributed by atoms with Crippen molar-refractivity contribution in [2.24, 2.45) is 0 Å². The summed E-state index contributed by atoms with van der Waals surface area (Å²) in [6.07, 6.45) is 4.53. The van der Waals surface area contributed by atoms with Crippen LogP contribution in [0.5, 0.6) is 0 Å². The van der Waals surface area contributed by atoms with Gasteiger partial charge in [0, 0.05) is 6.04 Å². The standard InChI is InChI=1S/C22H29N3O3S/c1-17(22(26)23-20-8-4-5-9-20)24-12-14-25(15-13-24)29(27,28)21-11-10-18-6-2-3-7-19(18)16-21/h2-3,6-7,10-11,16-17,20H,4-5,8-9,12-15H2,1H3,(H,23,26)/p+1/t17-/m0/s1. The van der Waals surface area contributed by atoms with Gasteiger partial charge in [-0.1, -0.05) is 43.2 Å². The first-order valence-corrected chi connectivity index (χ1v) is 12.0. The molecule has 1 aliphatic carbocycles. The van der Waals surface area contributed by atoms with Gasteiger partial charge in [0.05, 0.1) is 31.1 Å². The fraction of sp³-hybridized carbons (Fsp3) is 0.500. The smallest absolute Gasteiger partial charge is 0.278 e. The maximum Gasteiger partial charge on any atom is 0.278 e. The number of carbonyl (C=O) groups excluding carboxylic acids is 1. The fourth-order valence-electron chi connectivity index (χ4n) is 4.51. The molecule has 0 bridgehead atoms. The molecule has 1 atom stereocenters. The van der Waals surface area contributed by atoms with Gasteiger partial charge in [-0.15, -0.1) is 0 Å². The second-order valence-corrected chi connectivity index (χ2v) is 10.2. The van der Waals surface area contributed by atoms with Crippen molar-refractivity contribution in [2.75, 3.05) is 26.2 Å². The van der Waals surface area contributed by atoms with Gasteiger partial charge in [-0.3, -0.25) is 4.79 Å². The average Bonchev–Trinajstić information content (AvgIpc) is 3.26. The lowest BCUT2D eigenvalue weighted by Crippen LogP contribution is -3.19. The van der Waals surface area contributed by atoms with E-state index >= 15 is 0 Å². The molecule has 0 radical (unpaired) electrons. The molecular weight excluding hydrogens is 386 g/mol. The van der Waals surface area contributed by atoms with Gasteiger partial charge in [-0.05, 0) is 42.7 Å². The summed E-state index contributed by atoms with van der Waals surface area (Å²) < 4.78 is 27.8. The van der Waals surface area contributed by atoms with Crippen molar-refractivity contribution in [2.45, 2.75) is 49.6 Å². The molecule has 4 rings (SSSR count). The number of amides is 1. The SMILES string of the molecule is C[C@@H](C(=O)NC1CCCC1)[NH+]1CCN(S(=O)(=O)c2ccc3ccccc3c2)CC1. The minimum absolute atomic E-state index is 0.0951. The van der Waals surface area contributed by atoms with E-state index in [1.807, 2.05) is 37.3 Å². The zero-order valence-electron chi connectivity index (χ0n) is 16.9. The molecule has 1 heterocycles. The second kappa shape index (κ2) is 8.42. The molecule has 156 valence electrons. The third kappa shape index (κ3) is 4.32. The van der Waals surface area contributed by atoms with Gasteiger partial charge in [0.1, 0.15) is 0 Å². The monoisotopic (exact) mass is 416 g/mol. The lowest BCUT2D eigenvalue weighted by molar-refractivity contribution is -0.917. The van der Waals surface area contributed by atoms with Gasteiger partial charge in [0.15, 0.2) is 6.04 Å². The van der Waals surface area contributed by atoms with E-state index in [-0.39, 0.29) is 11.9 Å². The number of hydrogen-bond acceptors (Lipinski definition) is 3. The highest BCUT2D eigenvalue weighted by Crippen LogP contribution is 2.22. The van der Waals surface area contributed by atoms with E-state index in [1.165, 1.54) is 12.8 Å². The Kier molecular flexibility index (Phi) is 5.90. The minimum Gasteiger partial charge on any atom is -0.348 e. The molecule has 1 saturated carbocycles. The zero-order valence-corrected chi connectivity index (χ0v) is 17.7. The highest BCUT2D eigenvalue weighted by molar-refractivity contribution is 7.89. The van der Waals surface area contributed by atoms with Crippen LogP contribution in [-0.4, -0.2) is 56.9 Å². The number of fused-ring (bicyclic) bond motifs is 1. The normalized spacial score (nSPS) is 20.7. The van der Waals surface area contributed by atoms with Gasteiger partial charge in [-0.25, -0.2) is 8.42 Å². The van der Waals surface area contributed by atoms with Crippen LogP contribution in [0.25, 0.3) is 10.8 Å². The van der Waals surface area contributed by atoms with Gasteiger partial charge in [0.25, 0.3) is 5.91 Å². The Balaban J connectivity index is 1.39. The number of nitrogens with zero attached hydrogens (tertiary/aromatic N) is 1. The molecule has 0 aromatic heterocycles. The second-order valence-electron chi connectivity index (χ2n) is 8.28. The zero-order chi connectivity index (χ0) is 20.4. The quantitative estimate of drug-likeness (QED) is 0.769. The highest BCUT2D eigenvalue weighted by atomic mass is 32.2. The molecule has 29 heavy (non-hydrogen) atoms. The van der Waals surface area contributed by atoms with Crippen LogP contribution < -0.4 is 10.2 Å². The lowest BCUT2D eigenvalue weighted by atomic mass is 10.1. The molecule has 2 aromatic rings. The predicted octanol–water partition coefficient (Wildman–Crippen LogP) is 1.18. The summed E-state index contributed by atoms with van der Waals surface area (Å²) in [5.74, 6) is 0.0951. The summed E-state index contributed by atoms with van der Waals surface area (Å²) in [5.41, 5.74) is 0. The van der Waals surface area contributed by atoms with E-state index in [4.69, 9.17) is 0 Å². The van der Waals surface area contributed by atoms with E-state index in [2.05, 4.69) is 5.32 Å². The summed E-state index contributed by atoms with van der Waals surface area (Å²) >= 11 is 0. The van der Waals surface area contributed by atoms with Crippen molar-refractivity contribution in [1.29, 1.82) is 0 Å². The van der Waals surface area contributed by atoms with Crippen LogP contribution in [0, 0.1) is 0 Å². The summed E-state index contributed by atoms with van der Waals surface area (Å²) in [7, 11) is -3.52. The molecule has 1 amide bonds. The molecule has 2 N–H and O–H groups in total. The lowest BCUT2D eigenvalue weighted by Gasteiger charge is -2.34. The number of benzene rings is 2. The van der Waals surface area contributed by atoms with Crippen LogP contribution in [0.4, 0.5) is 0 Å². The third-order valence-corrected chi connectivity index (χ3v) is 8.33. The first kappa shape index (κ1) is 20.3. The number of quaternary nitrogens is 1. The van der Waals surface area contributed by atoms with Crippen LogP contribution in [0.1, 0.15) is 32.6 Å². The minimum atomic E-state index is -3.52. The fourth-order valence-corrected chi connectivity index (χ4v) is 5.98. The van der Waals surface area contributed by atoms with Crippen LogP contribution in [-0.2, 0) is 14.8 Å². The van der Waals surface area contributed by atoms with Crippen LogP contribution >= 0.6 is 0 Å². The molecule has 0 unspecified atom stereocenters. The van der Waals surface area contributed by atoms with Gasteiger partial charge in [-0.2, -0.15) is 4.31 Å². The van der Waals surface area contributed by atoms with E-state index in [1.54, 1.807) is 16.4 Å². The van der Waals surface area contributed by atoms with Crippen molar-refractivity contribution in [1.82, 2.24) is 9.62 Å². The largest absolute Gasteiger partial charge is 0.348 e. The number of piperazine rings is 1. The van der Waals surface area contributed by atoms with Crippen molar-refractivity contribution in [3.05, 3.63) is 42.5 Å². The molecule has 2 fully saturated rings. The third-order valence-electron chi connectivity index (χ3n) is 6.43. The average molecular weight is 417 g/mol. The number of carbonyl (C=O) groups is 1. The number of sulfonamides is 1. The van der Waals surface area contributed by atoms with Crippen molar-refractivity contribution in [3.63, 3.8) is 0 Å². The molecule has 1 aliphatic heterocycles. The van der Waals surface area contributed by atoms with E-state index in [0.29, 0.717) is 37.1 Å². The van der Waals surface area contributed by atoms with Gasteiger partial charge >= 0.3 is 0 Å². The van der Waals surface area contributed by atoms with Crippen molar-refractivity contribution >= 4 is 26.7 Å².